The molecule has 3 rings (SSSR count). The summed E-state index contributed by atoms with van der Waals surface area (Å²) in [6, 6.07) is 15.7. The molecule has 0 aliphatic carbocycles. The Bertz CT molecular complexity index is 686. The van der Waals surface area contributed by atoms with Gasteiger partial charge in [-0.2, -0.15) is 0 Å². The van der Waals surface area contributed by atoms with E-state index in [4.69, 9.17) is 11.6 Å². The highest BCUT2D eigenvalue weighted by Gasteiger charge is 2.30. The summed E-state index contributed by atoms with van der Waals surface area (Å²) in [6.07, 6.45) is 2.04. The number of carbonyl (C=O) groups excluding carboxylic acids is 1. The van der Waals surface area contributed by atoms with Crippen molar-refractivity contribution in [2.24, 2.45) is 0 Å². The van der Waals surface area contributed by atoms with Gasteiger partial charge in [-0.15, -0.1) is 0 Å². The summed E-state index contributed by atoms with van der Waals surface area (Å²) in [7, 11) is 0. The topological polar surface area (TPSA) is 32.3 Å². The summed E-state index contributed by atoms with van der Waals surface area (Å²) >= 11 is 5.97. The second-order valence-electron chi connectivity index (χ2n) is 5.71. The molecule has 4 heteroatoms. The van der Waals surface area contributed by atoms with E-state index in [1.54, 1.807) is 12.1 Å². The minimum atomic E-state index is -0.0636. The highest BCUT2D eigenvalue weighted by atomic mass is 35.5. The van der Waals surface area contributed by atoms with Crippen molar-refractivity contribution in [3.05, 3.63) is 64.7 Å². The number of halogens is 1. The Morgan fingerprint density at radius 3 is 2.82 bits per heavy atom. The Balaban J connectivity index is 1.76. The number of benzene rings is 2. The van der Waals surface area contributed by atoms with E-state index in [1.165, 1.54) is 11.1 Å². The second-order valence-corrected chi connectivity index (χ2v) is 6.14. The van der Waals surface area contributed by atoms with Crippen molar-refractivity contribution in [3.63, 3.8) is 0 Å². The van der Waals surface area contributed by atoms with Crippen LogP contribution in [0.1, 0.15) is 30.0 Å². The van der Waals surface area contributed by atoms with Gasteiger partial charge in [-0.25, -0.2) is 4.79 Å². The Morgan fingerprint density at radius 1 is 1.23 bits per heavy atom. The number of nitrogens with one attached hydrogen (secondary N) is 1. The van der Waals surface area contributed by atoms with Crippen LogP contribution in [0.25, 0.3) is 0 Å². The molecule has 3 nitrogen and oxygen atoms in total. The number of amides is 2. The number of aryl methyl sites for hydroxylation is 1. The molecule has 1 aliphatic heterocycles. The summed E-state index contributed by atoms with van der Waals surface area (Å²) in [4.78, 5) is 14.5. The smallest absolute Gasteiger partial charge is 0.317 e. The van der Waals surface area contributed by atoms with Gasteiger partial charge in [-0.05, 0) is 43.5 Å². The molecule has 0 radical (unpaired) electrons. The average molecular weight is 315 g/mol. The van der Waals surface area contributed by atoms with Crippen LogP contribution < -0.4 is 5.32 Å². The number of anilines is 1. The first-order valence-corrected chi connectivity index (χ1v) is 7.91. The van der Waals surface area contributed by atoms with E-state index in [0.717, 1.165) is 25.1 Å². The van der Waals surface area contributed by atoms with Crippen molar-refractivity contribution in [2.45, 2.75) is 25.8 Å². The van der Waals surface area contributed by atoms with E-state index in [2.05, 4.69) is 36.5 Å². The lowest BCUT2D eigenvalue weighted by molar-refractivity contribution is 0.207. The highest BCUT2D eigenvalue weighted by molar-refractivity contribution is 6.30. The number of hydrogen-bond donors (Lipinski definition) is 1. The van der Waals surface area contributed by atoms with E-state index < -0.39 is 0 Å². The van der Waals surface area contributed by atoms with E-state index in [9.17, 15) is 4.79 Å². The lowest BCUT2D eigenvalue weighted by Crippen LogP contribution is -2.34. The quantitative estimate of drug-likeness (QED) is 0.829. The summed E-state index contributed by atoms with van der Waals surface area (Å²) in [5.41, 5.74) is 3.16. The first-order chi connectivity index (χ1) is 10.6. The van der Waals surface area contributed by atoms with Gasteiger partial charge in [-0.3, -0.25) is 0 Å². The SMILES string of the molecule is Cc1cccc([C@@H]2CCCN2C(=O)Nc2cccc(Cl)c2)c1. The maximum absolute atomic E-state index is 12.6. The minimum Gasteiger partial charge on any atom is -0.317 e. The molecule has 1 heterocycles. The predicted octanol–water partition coefficient (Wildman–Crippen LogP) is 5.02. The maximum atomic E-state index is 12.6. The molecular weight excluding hydrogens is 296 g/mol. The van der Waals surface area contributed by atoms with Gasteiger partial charge in [0.25, 0.3) is 0 Å². The third kappa shape index (κ3) is 3.25. The van der Waals surface area contributed by atoms with Crippen molar-refractivity contribution < 1.29 is 4.79 Å². The largest absolute Gasteiger partial charge is 0.322 e. The summed E-state index contributed by atoms with van der Waals surface area (Å²) in [5.74, 6) is 0. The zero-order valence-corrected chi connectivity index (χ0v) is 13.3. The van der Waals surface area contributed by atoms with Crippen LogP contribution in [0.15, 0.2) is 48.5 Å². The molecule has 0 unspecified atom stereocenters. The molecule has 2 amide bonds. The Hall–Kier alpha value is -2.00. The van der Waals surface area contributed by atoms with Crippen LogP contribution in [-0.4, -0.2) is 17.5 Å². The summed E-state index contributed by atoms with van der Waals surface area (Å²) in [5, 5.41) is 3.56. The molecule has 0 aromatic heterocycles. The van der Waals surface area contributed by atoms with Gasteiger partial charge in [0.15, 0.2) is 0 Å². The van der Waals surface area contributed by atoms with Gasteiger partial charge in [-0.1, -0.05) is 47.5 Å². The molecule has 0 spiro atoms. The number of carbonyl (C=O) groups is 1. The fourth-order valence-electron chi connectivity index (χ4n) is 3.00. The van der Waals surface area contributed by atoms with Crippen LogP contribution in [0.4, 0.5) is 10.5 Å². The van der Waals surface area contributed by atoms with E-state index in [-0.39, 0.29) is 12.1 Å². The van der Waals surface area contributed by atoms with Crippen molar-refractivity contribution in [2.75, 3.05) is 11.9 Å². The molecule has 2 aromatic carbocycles. The van der Waals surface area contributed by atoms with Crippen molar-refractivity contribution in [3.8, 4) is 0 Å². The monoisotopic (exact) mass is 314 g/mol. The summed E-state index contributed by atoms with van der Waals surface area (Å²) < 4.78 is 0. The van der Waals surface area contributed by atoms with Gasteiger partial charge in [0, 0.05) is 17.3 Å². The van der Waals surface area contributed by atoms with Gasteiger partial charge < -0.3 is 10.2 Å². The Morgan fingerprint density at radius 2 is 2.05 bits per heavy atom. The first-order valence-electron chi connectivity index (χ1n) is 7.53. The van der Waals surface area contributed by atoms with Crippen LogP contribution >= 0.6 is 11.6 Å². The normalized spacial score (nSPS) is 17.5. The average Bonchev–Trinajstić information content (AvgIpc) is 2.97. The molecule has 1 aliphatic rings. The predicted molar refractivity (Wildman–Crippen MR) is 90.3 cm³/mol. The standard InChI is InChI=1S/C18H19ClN2O/c1-13-5-2-6-14(11-13)17-9-4-10-21(17)18(22)20-16-8-3-7-15(19)12-16/h2-3,5-8,11-12,17H,4,9-10H2,1H3,(H,20,22)/t17-/m0/s1. The number of rotatable bonds is 2. The molecule has 0 saturated carbocycles. The molecule has 1 atom stereocenters. The number of nitrogens with zero attached hydrogens (tertiary/aromatic N) is 1. The third-order valence-electron chi connectivity index (χ3n) is 4.02. The molecule has 0 bridgehead atoms. The fraction of sp³-hybridized carbons (Fsp3) is 0.278. The van der Waals surface area contributed by atoms with Crippen molar-refractivity contribution in [1.29, 1.82) is 0 Å². The zero-order valence-electron chi connectivity index (χ0n) is 12.6. The van der Waals surface area contributed by atoms with Crippen LogP contribution in [0.2, 0.25) is 5.02 Å². The molecule has 114 valence electrons. The van der Waals surface area contributed by atoms with Crippen LogP contribution in [-0.2, 0) is 0 Å². The van der Waals surface area contributed by atoms with E-state index in [1.807, 2.05) is 17.0 Å². The van der Waals surface area contributed by atoms with Crippen LogP contribution in [0.5, 0.6) is 0 Å². The van der Waals surface area contributed by atoms with E-state index in [0.29, 0.717) is 5.02 Å². The van der Waals surface area contributed by atoms with Crippen molar-refractivity contribution >= 4 is 23.3 Å². The van der Waals surface area contributed by atoms with Crippen LogP contribution in [0, 0.1) is 6.92 Å². The second kappa shape index (κ2) is 6.41. The molecule has 1 N–H and O–H groups in total. The van der Waals surface area contributed by atoms with Gasteiger partial charge in [0.05, 0.1) is 6.04 Å². The molecule has 22 heavy (non-hydrogen) atoms. The van der Waals surface area contributed by atoms with Gasteiger partial charge in [0.1, 0.15) is 0 Å². The van der Waals surface area contributed by atoms with E-state index >= 15 is 0 Å². The Kier molecular flexibility index (Phi) is 4.34. The highest BCUT2D eigenvalue weighted by Crippen LogP contribution is 2.32. The first kappa shape index (κ1) is 14.9. The molecular formula is C18H19ClN2O. The van der Waals surface area contributed by atoms with Gasteiger partial charge >= 0.3 is 6.03 Å². The molecule has 1 saturated heterocycles. The number of hydrogen-bond acceptors (Lipinski definition) is 1. The van der Waals surface area contributed by atoms with Gasteiger partial charge in [0.2, 0.25) is 0 Å². The zero-order chi connectivity index (χ0) is 15.5. The minimum absolute atomic E-state index is 0.0636. The molecule has 2 aromatic rings. The number of likely N-dealkylation sites (tertiary alicyclic amines) is 1. The molecule has 1 fully saturated rings. The lowest BCUT2D eigenvalue weighted by atomic mass is 10.0. The maximum Gasteiger partial charge on any atom is 0.322 e. The number of urea groups is 1. The fourth-order valence-corrected chi connectivity index (χ4v) is 3.19. The van der Waals surface area contributed by atoms with Crippen molar-refractivity contribution in [1.82, 2.24) is 4.90 Å². The lowest BCUT2D eigenvalue weighted by Gasteiger charge is -2.25. The van der Waals surface area contributed by atoms with Crippen LogP contribution in [0.3, 0.4) is 0 Å². The Labute approximate surface area is 135 Å². The summed E-state index contributed by atoms with van der Waals surface area (Å²) in [6.45, 7) is 2.86. The third-order valence-corrected chi connectivity index (χ3v) is 4.25.